The fourth-order valence-corrected chi connectivity index (χ4v) is 0. The van der Waals surface area contributed by atoms with Gasteiger partial charge in [-0.3, -0.25) is 0 Å². The molecule has 0 N–H and O–H groups in total. The van der Waals surface area contributed by atoms with Crippen molar-refractivity contribution >= 4 is 26.8 Å². The fourth-order valence-electron chi connectivity index (χ4n) is 0. The topological polar surface area (TPSA) is 0 Å². The van der Waals surface area contributed by atoms with Crippen LogP contribution in [0.1, 0.15) is 20.8 Å². The van der Waals surface area contributed by atoms with E-state index in [9.17, 15) is 0 Å². The molecule has 0 aromatic carbocycles. The summed E-state index contributed by atoms with van der Waals surface area (Å²) in [5.74, 6) is 4.83. The van der Waals surface area contributed by atoms with Crippen LogP contribution in [0.4, 0.5) is 0 Å². The third kappa shape index (κ3) is 4.98. The molecule has 0 rings (SSSR count). The molecule has 0 aliphatic heterocycles. The standard InChI is InChI=1S/C6H15Ge.ClH/c1-6(2,3)7(4)5;/h1-5H3;1H. The van der Waals surface area contributed by atoms with Crippen LogP contribution in [-0.4, -0.2) is 14.3 Å². The Kier molecular flexibility index (Phi) is 5.49. The molecule has 0 heterocycles. The molecule has 1 radical (unpaired) electrons. The van der Waals surface area contributed by atoms with E-state index in [1.165, 1.54) is 0 Å². The Hall–Kier alpha value is 0.833. The summed E-state index contributed by atoms with van der Waals surface area (Å²) in [5, 5.41) is 0. The zero-order chi connectivity index (χ0) is 6.08. The van der Waals surface area contributed by atoms with Gasteiger partial charge in [0.1, 0.15) is 0 Å². The van der Waals surface area contributed by atoms with E-state index in [1.54, 1.807) is 0 Å². The predicted octanol–water partition coefficient (Wildman–Crippen LogP) is 2.96. The molecule has 0 unspecified atom stereocenters. The van der Waals surface area contributed by atoms with Crippen molar-refractivity contribution in [3.05, 3.63) is 0 Å². The molecule has 8 heavy (non-hydrogen) atoms. The van der Waals surface area contributed by atoms with E-state index < -0.39 is 14.3 Å². The Balaban J connectivity index is 0. The van der Waals surface area contributed by atoms with Gasteiger partial charge in [0.15, 0.2) is 0 Å². The van der Waals surface area contributed by atoms with Crippen molar-refractivity contribution in [2.45, 2.75) is 36.5 Å². The summed E-state index contributed by atoms with van der Waals surface area (Å²) in [6.07, 6.45) is 0. The van der Waals surface area contributed by atoms with Gasteiger partial charge in [0, 0.05) is 0 Å². The summed E-state index contributed by atoms with van der Waals surface area (Å²) in [6.45, 7) is 7.01. The molecule has 0 bridgehead atoms. The Morgan fingerprint density at radius 1 is 1.00 bits per heavy atom. The molecule has 0 fully saturated rings. The van der Waals surface area contributed by atoms with Crippen LogP contribution in [-0.2, 0) is 0 Å². The Morgan fingerprint density at radius 2 is 1.12 bits per heavy atom. The van der Waals surface area contributed by atoms with Gasteiger partial charge >= 0.3 is 50.9 Å². The average molecular weight is 196 g/mol. The summed E-state index contributed by atoms with van der Waals surface area (Å²) in [7, 11) is 0. The molecule has 2 heteroatoms. The first-order chi connectivity index (χ1) is 2.94. The van der Waals surface area contributed by atoms with Crippen molar-refractivity contribution in [1.29, 1.82) is 0 Å². The maximum atomic E-state index is 2.42. The monoisotopic (exact) mass is 197 g/mol. The summed E-state index contributed by atoms with van der Waals surface area (Å²) in [6, 6.07) is 0. The first-order valence-corrected chi connectivity index (χ1v) is 8.00. The summed E-state index contributed by atoms with van der Waals surface area (Å²) in [5.41, 5.74) is 0. The Morgan fingerprint density at radius 3 is 1.12 bits per heavy atom. The first kappa shape index (κ1) is 11.6. The summed E-state index contributed by atoms with van der Waals surface area (Å²) in [4.78, 5) is 0. The third-order valence-corrected chi connectivity index (χ3v) is 7.79. The van der Waals surface area contributed by atoms with Gasteiger partial charge < -0.3 is 0 Å². The maximum absolute atomic E-state index is 2.42. The molecule has 0 aliphatic carbocycles. The van der Waals surface area contributed by atoms with Gasteiger partial charge in [-0.05, 0) is 0 Å². The van der Waals surface area contributed by atoms with Gasteiger partial charge in [-0.25, -0.2) is 0 Å². The molecule has 0 nitrogen and oxygen atoms in total. The van der Waals surface area contributed by atoms with Crippen LogP contribution in [0.5, 0.6) is 0 Å². The third-order valence-electron chi connectivity index (χ3n) is 1.50. The van der Waals surface area contributed by atoms with Gasteiger partial charge in [0.2, 0.25) is 0 Å². The molecule has 0 atom stereocenters. The molecule has 0 saturated carbocycles. The molecule has 51 valence electrons. The van der Waals surface area contributed by atoms with Gasteiger partial charge in [-0.1, -0.05) is 0 Å². The molecular weight excluding hydrogens is 180 g/mol. The Bertz CT molecular complexity index is 54.0. The quantitative estimate of drug-likeness (QED) is 0.522. The van der Waals surface area contributed by atoms with Crippen molar-refractivity contribution in [2.24, 2.45) is 0 Å². The van der Waals surface area contributed by atoms with Crippen molar-refractivity contribution in [2.75, 3.05) is 0 Å². The normalized spacial score (nSPS) is 11.2. The van der Waals surface area contributed by atoms with Gasteiger partial charge in [0.05, 0.1) is 0 Å². The van der Waals surface area contributed by atoms with Crippen molar-refractivity contribution in [1.82, 2.24) is 0 Å². The van der Waals surface area contributed by atoms with E-state index in [0.717, 1.165) is 0 Å². The zero-order valence-electron chi connectivity index (χ0n) is 6.41. The van der Waals surface area contributed by atoms with Crippen LogP contribution < -0.4 is 0 Å². The molecule has 0 aliphatic rings. The van der Waals surface area contributed by atoms with E-state index in [0.29, 0.717) is 4.25 Å². The number of halogens is 1. The second-order valence-corrected chi connectivity index (χ2v) is 10.6. The fraction of sp³-hybridized carbons (Fsp3) is 1.00. The van der Waals surface area contributed by atoms with Crippen LogP contribution >= 0.6 is 12.4 Å². The molecule has 0 saturated heterocycles. The van der Waals surface area contributed by atoms with Gasteiger partial charge in [-0.2, -0.15) is 0 Å². The number of rotatable bonds is 0. The predicted molar refractivity (Wildman–Crippen MR) is 44.4 cm³/mol. The first-order valence-electron chi connectivity index (χ1n) is 2.75. The number of hydrogen-bond acceptors (Lipinski definition) is 0. The minimum atomic E-state index is -0.590. The average Bonchev–Trinajstić information content (AvgIpc) is 1.31. The van der Waals surface area contributed by atoms with Crippen molar-refractivity contribution < 1.29 is 0 Å². The van der Waals surface area contributed by atoms with Crippen LogP contribution in [0.2, 0.25) is 15.8 Å². The zero-order valence-corrected chi connectivity index (χ0v) is 9.32. The van der Waals surface area contributed by atoms with E-state index in [2.05, 4.69) is 32.3 Å². The van der Waals surface area contributed by atoms with Crippen LogP contribution in [0.25, 0.3) is 0 Å². The van der Waals surface area contributed by atoms with Crippen LogP contribution in [0.15, 0.2) is 0 Å². The van der Waals surface area contributed by atoms with Crippen molar-refractivity contribution in [3.8, 4) is 0 Å². The van der Waals surface area contributed by atoms with E-state index in [4.69, 9.17) is 0 Å². The molecule has 0 aromatic rings. The van der Waals surface area contributed by atoms with Crippen LogP contribution in [0, 0.1) is 0 Å². The minimum absolute atomic E-state index is 0. The van der Waals surface area contributed by atoms with E-state index in [-0.39, 0.29) is 12.4 Å². The molecular formula is C6H16ClGe. The Labute approximate surface area is 63.6 Å². The summed E-state index contributed by atoms with van der Waals surface area (Å²) >= 11 is -0.590. The molecule has 0 spiro atoms. The van der Waals surface area contributed by atoms with E-state index >= 15 is 0 Å². The van der Waals surface area contributed by atoms with Gasteiger partial charge in [0.25, 0.3) is 0 Å². The second kappa shape index (κ2) is 3.78. The number of hydrogen-bond donors (Lipinski definition) is 0. The summed E-state index contributed by atoms with van der Waals surface area (Å²) < 4.78 is 0.667. The second-order valence-electron chi connectivity index (χ2n) is 3.25. The molecule has 0 aromatic heterocycles. The van der Waals surface area contributed by atoms with Crippen molar-refractivity contribution in [3.63, 3.8) is 0 Å². The molecule has 0 amide bonds. The van der Waals surface area contributed by atoms with E-state index in [1.807, 2.05) is 0 Å². The van der Waals surface area contributed by atoms with Crippen LogP contribution in [0.3, 0.4) is 0 Å². The van der Waals surface area contributed by atoms with Gasteiger partial charge in [-0.15, -0.1) is 12.4 Å². The SMILES string of the molecule is Cl.[CH3][Ge]([CH3])[C](C)(C)C.